The van der Waals surface area contributed by atoms with Gasteiger partial charge in [-0.15, -0.1) is 0 Å². The third-order valence-corrected chi connectivity index (χ3v) is 7.08. The van der Waals surface area contributed by atoms with Crippen molar-refractivity contribution < 1.29 is 24.2 Å². The van der Waals surface area contributed by atoms with Crippen LogP contribution in [0.25, 0.3) is 0 Å². The molecule has 0 unspecified atom stereocenters. The molecule has 1 aliphatic rings. The maximum atomic E-state index is 12.8. The van der Waals surface area contributed by atoms with Crippen LogP contribution in [-0.4, -0.2) is 0 Å². The Morgan fingerprint density at radius 1 is 0.767 bits per heavy atom. The van der Waals surface area contributed by atoms with Crippen LogP contribution >= 0.6 is 10.2 Å². The first-order valence-corrected chi connectivity index (χ1v) is 12.5. The highest BCUT2D eigenvalue weighted by Crippen LogP contribution is 3.02. The van der Waals surface area contributed by atoms with Gasteiger partial charge in [0.15, 0.2) is 0 Å². The fourth-order valence-corrected chi connectivity index (χ4v) is 4.83. The molecule has 1 saturated carbocycles. The molecule has 7 heteroatoms. The van der Waals surface area contributed by atoms with Gasteiger partial charge in [0.25, 0.3) is 0 Å². The minimum Gasteiger partial charge on any atom is -0.457 e. The van der Waals surface area contributed by atoms with E-state index in [-0.39, 0.29) is 5.75 Å². The Kier molecular flexibility index (Phi) is 6.16. The molecular weight excluding hydrogens is 419 g/mol. The van der Waals surface area contributed by atoms with Crippen molar-refractivity contribution in [3.63, 3.8) is 0 Å². The van der Waals surface area contributed by atoms with Crippen molar-refractivity contribution in [2.24, 2.45) is 5.92 Å². The zero-order chi connectivity index (χ0) is 21.9. The van der Waals surface area contributed by atoms with Gasteiger partial charge >= 0.3 is 10.2 Å². The van der Waals surface area contributed by atoms with Gasteiger partial charge in [-0.25, -0.2) is 0 Å². The highest BCUT2D eigenvalue weighted by Gasteiger charge is 2.65. The van der Waals surface area contributed by atoms with Gasteiger partial charge in [0, 0.05) is 0 Å². The molecule has 1 fully saturated rings. The standard InChI is InChI=1S/C23H29F5OS/c1-2-3-4-5-18-6-8-19(9-7-18)20-10-12-21(13-11-20)29-22-14-16-23(17-15-22)30(24,25,26,27)28/h10-19H,2-9H2,1H3. The quantitative estimate of drug-likeness (QED) is 0.288. The third kappa shape index (κ3) is 6.37. The molecular formula is C23H29F5OS. The second-order valence-corrected chi connectivity index (χ2v) is 10.7. The number of unbranched alkanes of at least 4 members (excludes halogenated alkanes) is 2. The molecule has 0 heterocycles. The summed E-state index contributed by atoms with van der Waals surface area (Å²) < 4.78 is 69.5. The van der Waals surface area contributed by atoms with Gasteiger partial charge in [0.05, 0.1) is 0 Å². The number of halogens is 5. The molecule has 0 spiro atoms. The lowest BCUT2D eigenvalue weighted by atomic mass is 9.77. The summed E-state index contributed by atoms with van der Waals surface area (Å²) in [6.07, 6.45) is 10.1. The van der Waals surface area contributed by atoms with Crippen LogP contribution in [-0.2, 0) is 0 Å². The Bertz CT molecular complexity index is 823. The van der Waals surface area contributed by atoms with Gasteiger partial charge in [-0.1, -0.05) is 64.2 Å². The maximum absolute atomic E-state index is 12.8. The summed E-state index contributed by atoms with van der Waals surface area (Å²) in [6.45, 7) is 2.22. The molecule has 1 nitrogen and oxygen atoms in total. The monoisotopic (exact) mass is 448 g/mol. The predicted molar refractivity (Wildman–Crippen MR) is 113 cm³/mol. The van der Waals surface area contributed by atoms with E-state index in [1.165, 1.54) is 56.9 Å². The molecule has 0 N–H and O–H groups in total. The predicted octanol–water partition coefficient (Wildman–Crippen LogP) is 9.99. The summed E-state index contributed by atoms with van der Waals surface area (Å²) in [4.78, 5) is -1.91. The van der Waals surface area contributed by atoms with Gasteiger partial charge in [0.2, 0.25) is 0 Å². The molecule has 168 valence electrons. The van der Waals surface area contributed by atoms with Crippen molar-refractivity contribution >= 4 is 10.2 Å². The third-order valence-electron chi connectivity index (χ3n) is 5.92. The Morgan fingerprint density at radius 3 is 1.80 bits per heavy atom. The summed E-state index contributed by atoms with van der Waals surface area (Å²) in [5.41, 5.74) is 1.24. The molecule has 30 heavy (non-hydrogen) atoms. The number of rotatable bonds is 8. The van der Waals surface area contributed by atoms with Gasteiger partial charge in [-0.2, -0.15) is 0 Å². The van der Waals surface area contributed by atoms with E-state index in [0.29, 0.717) is 23.8 Å². The van der Waals surface area contributed by atoms with E-state index in [0.717, 1.165) is 18.1 Å². The van der Waals surface area contributed by atoms with Gasteiger partial charge in [-0.05, 0) is 79.5 Å². The number of hydrogen-bond acceptors (Lipinski definition) is 1. The Morgan fingerprint density at radius 2 is 1.30 bits per heavy atom. The van der Waals surface area contributed by atoms with Crippen LogP contribution in [0.3, 0.4) is 0 Å². The minimum atomic E-state index is -9.65. The first kappa shape index (κ1) is 22.9. The van der Waals surface area contributed by atoms with Crippen molar-refractivity contribution in [2.75, 3.05) is 0 Å². The molecule has 0 aliphatic heterocycles. The first-order valence-electron chi connectivity index (χ1n) is 10.6. The summed E-state index contributed by atoms with van der Waals surface area (Å²) in [5, 5.41) is 0. The highest BCUT2D eigenvalue weighted by molar-refractivity contribution is 8.45. The normalized spacial score (nSPS) is 22.2. The zero-order valence-corrected chi connectivity index (χ0v) is 18.0. The van der Waals surface area contributed by atoms with E-state index in [1.54, 1.807) is 12.1 Å². The van der Waals surface area contributed by atoms with Gasteiger partial charge < -0.3 is 4.74 Å². The molecule has 0 saturated heterocycles. The Balaban J connectivity index is 1.55. The first-order chi connectivity index (χ1) is 13.9. The molecule has 0 bridgehead atoms. The SMILES string of the molecule is CCCCCC1CCC(c2ccc(Oc3ccc(S(F)(F)(F)(F)F)cc3)cc2)CC1. The maximum Gasteiger partial charge on any atom is 0.310 e. The fourth-order valence-electron chi connectivity index (χ4n) is 4.18. The van der Waals surface area contributed by atoms with Crippen LogP contribution in [0, 0.1) is 5.92 Å². The number of ether oxygens (including phenoxy) is 1. The van der Waals surface area contributed by atoms with Crippen molar-refractivity contribution in [1.29, 1.82) is 0 Å². The van der Waals surface area contributed by atoms with Crippen molar-refractivity contribution in [2.45, 2.75) is 69.1 Å². The van der Waals surface area contributed by atoms with Crippen LogP contribution in [0.2, 0.25) is 0 Å². The summed E-state index contributed by atoms with van der Waals surface area (Å²) >= 11 is 0. The average molecular weight is 449 g/mol. The van der Waals surface area contributed by atoms with E-state index >= 15 is 0 Å². The summed E-state index contributed by atoms with van der Waals surface area (Å²) in [7, 11) is -9.65. The van der Waals surface area contributed by atoms with Crippen LogP contribution < -0.4 is 4.74 Å². The van der Waals surface area contributed by atoms with Crippen LogP contribution in [0.5, 0.6) is 11.5 Å². The smallest absolute Gasteiger partial charge is 0.310 e. The lowest BCUT2D eigenvalue weighted by Gasteiger charge is -2.40. The number of hydrogen-bond donors (Lipinski definition) is 0. The Labute approximate surface area is 175 Å². The summed E-state index contributed by atoms with van der Waals surface area (Å²) in [6, 6.07) is 10.1. The molecule has 0 amide bonds. The topological polar surface area (TPSA) is 9.23 Å². The minimum absolute atomic E-state index is 0.0842. The molecule has 3 rings (SSSR count). The van der Waals surface area contributed by atoms with Gasteiger partial charge in [-0.3, -0.25) is 0 Å². The lowest BCUT2D eigenvalue weighted by molar-refractivity contribution is 0.302. The zero-order valence-electron chi connectivity index (χ0n) is 17.1. The molecule has 0 atom stereocenters. The van der Waals surface area contributed by atoms with Crippen LogP contribution in [0.15, 0.2) is 53.4 Å². The molecule has 1 aliphatic carbocycles. The highest BCUT2D eigenvalue weighted by atomic mass is 32.5. The van der Waals surface area contributed by atoms with E-state index in [1.807, 2.05) is 12.1 Å². The largest absolute Gasteiger partial charge is 0.457 e. The van der Waals surface area contributed by atoms with Crippen LogP contribution in [0.1, 0.15) is 69.8 Å². The van der Waals surface area contributed by atoms with E-state index in [4.69, 9.17) is 4.74 Å². The van der Waals surface area contributed by atoms with Crippen molar-refractivity contribution in [3.8, 4) is 11.5 Å². The second kappa shape index (κ2) is 8.06. The van der Waals surface area contributed by atoms with Crippen molar-refractivity contribution in [3.05, 3.63) is 54.1 Å². The Hall–Kier alpha value is -1.76. The van der Waals surface area contributed by atoms with Crippen LogP contribution in [0.4, 0.5) is 19.4 Å². The van der Waals surface area contributed by atoms with Gasteiger partial charge in [0.1, 0.15) is 16.4 Å². The lowest BCUT2D eigenvalue weighted by Crippen LogP contribution is -2.13. The summed E-state index contributed by atoms with van der Waals surface area (Å²) in [5.74, 6) is 1.91. The van der Waals surface area contributed by atoms with E-state index < -0.39 is 15.1 Å². The number of benzene rings is 2. The molecule has 0 aromatic heterocycles. The fraction of sp³-hybridized carbons (Fsp3) is 0.478. The molecule has 0 radical (unpaired) electrons. The van der Waals surface area contributed by atoms with E-state index in [2.05, 4.69) is 6.92 Å². The van der Waals surface area contributed by atoms with Crippen molar-refractivity contribution in [1.82, 2.24) is 0 Å². The molecule has 2 aromatic rings. The average Bonchev–Trinajstić information content (AvgIpc) is 2.68. The molecule has 2 aromatic carbocycles. The second-order valence-electron chi connectivity index (χ2n) is 8.32. The van der Waals surface area contributed by atoms with E-state index in [9.17, 15) is 19.4 Å².